The first-order valence-corrected chi connectivity index (χ1v) is 5.47. The number of nitrogens with zero attached hydrogens (tertiary/aromatic N) is 1. The van der Waals surface area contributed by atoms with E-state index in [2.05, 4.69) is 0 Å². The summed E-state index contributed by atoms with van der Waals surface area (Å²) in [7, 11) is 3.82. The summed E-state index contributed by atoms with van der Waals surface area (Å²) in [4.78, 5) is 1.96. The maximum absolute atomic E-state index is 12.7. The highest BCUT2D eigenvalue weighted by atomic mass is 19.4. The third kappa shape index (κ3) is 4.69. The fourth-order valence-corrected chi connectivity index (χ4v) is 1.45. The molecule has 0 aliphatic carbocycles. The molecule has 1 aromatic rings. The van der Waals surface area contributed by atoms with E-state index >= 15 is 0 Å². The van der Waals surface area contributed by atoms with Crippen molar-refractivity contribution in [3.8, 4) is 5.75 Å². The van der Waals surface area contributed by atoms with E-state index in [1.165, 1.54) is 12.1 Å². The van der Waals surface area contributed by atoms with Gasteiger partial charge in [-0.2, -0.15) is 0 Å². The Hall–Kier alpha value is -1.17. The van der Waals surface area contributed by atoms with Crippen molar-refractivity contribution in [3.05, 3.63) is 24.3 Å². The van der Waals surface area contributed by atoms with E-state index in [-0.39, 0.29) is 5.75 Å². The number of hydrogen-bond acceptors (Lipinski definition) is 2. The van der Waals surface area contributed by atoms with Crippen molar-refractivity contribution < 1.29 is 17.7 Å². The molecule has 0 unspecified atom stereocenters. The summed E-state index contributed by atoms with van der Waals surface area (Å²) in [6.07, 6.45) is 0.701. The predicted octanol–water partition coefficient (Wildman–Crippen LogP) is 2.07. The molecule has 6 heteroatoms. The highest BCUT2D eigenvalue weighted by Crippen LogP contribution is 2.17. The molecule has 0 aromatic heterocycles. The van der Waals surface area contributed by atoms with Gasteiger partial charge in [0.15, 0.2) is 0 Å². The smallest absolute Gasteiger partial charge is 0.497 e. The minimum Gasteiger partial charge on any atom is -0.497 e. The first-order chi connectivity index (χ1) is 7.91. The van der Waals surface area contributed by atoms with Crippen molar-refractivity contribution in [2.75, 3.05) is 27.2 Å². The zero-order chi connectivity index (χ0) is 12.9. The van der Waals surface area contributed by atoms with Gasteiger partial charge in [-0.05, 0) is 26.6 Å². The van der Waals surface area contributed by atoms with Crippen molar-refractivity contribution >= 4 is 12.4 Å². The Morgan fingerprint density at radius 1 is 1.18 bits per heavy atom. The molecule has 0 bridgehead atoms. The van der Waals surface area contributed by atoms with Crippen molar-refractivity contribution in [2.45, 2.75) is 6.42 Å². The standard InChI is InChI=1S/C11H16BF3NO/c1-16(2)8-5-9-17-11-7-4-3-6-10(11)12(13,14)15/h3-4,6-7H,5,8-9H2,1-2H3/q-1. The van der Waals surface area contributed by atoms with Gasteiger partial charge in [0.2, 0.25) is 0 Å². The van der Waals surface area contributed by atoms with Crippen LogP contribution in [-0.2, 0) is 0 Å². The van der Waals surface area contributed by atoms with Crippen LogP contribution in [0.15, 0.2) is 24.3 Å². The minimum atomic E-state index is -5.01. The van der Waals surface area contributed by atoms with Crippen LogP contribution in [-0.4, -0.2) is 39.1 Å². The molecular weight excluding hydrogens is 230 g/mol. The van der Waals surface area contributed by atoms with Gasteiger partial charge in [0.1, 0.15) is 0 Å². The van der Waals surface area contributed by atoms with Gasteiger partial charge in [-0.25, -0.2) is 0 Å². The molecule has 1 aromatic carbocycles. The van der Waals surface area contributed by atoms with Crippen LogP contribution in [0.1, 0.15) is 6.42 Å². The monoisotopic (exact) mass is 246 g/mol. The average Bonchev–Trinajstić information content (AvgIpc) is 2.23. The van der Waals surface area contributed by atoms with Crippen LogP contribution in [0, 0.1) is 0 Å². The third-order valence-corrected chi connectivity index (χ3v) is 2.28. The van der Waals surface area contributed by atoms with Gasteiger partial charge in [0.25, 0.3) is 0 Å². The Kier molecular flexibility index (Phi) is 4.87. The maximum Gasteiger partial charge on any atom is 0.513 e. The fourth-order valence-electron chi connectivity index (χ4n) is 1.45. The number of para-hydroxylation sites is 1. The average molecular weight is 246 g/mol. The zero-order valence-electron chi connectivity index (χ0n) is 10.00. The normalized spacial score (nSPS) is 11.9. The van der Waals surface area contributed by atoms with Crippen molar-refractivity contribution in [2.24, 2.45) is 0 Å². The largest absolute Gasteiger partial charge is 0.513 e. The molecule has 0 aliphatic rings. The first-order valence-electron chi connectivity index (χ1n) is 5.47. The molecule has 0 atom stereocenters. The van der Waals surface area contributed by atoms with Gasteiger partial charge in [0, 0.05) is 6.54 Å². The summed E-state index contributed by atoms with van der Waals surface area (Å²) in [6, 6.07) is 5.34. The first kappa shape index (κ1) is 13.9. The molecule has 17 heavy (non-hydrogen) atoms. The van der Waals surface area contributed by atoms with Gasteiger partial charge in [-0.3, -0.25) is 0 Å². The molecule has 0 spiro atoms. The lowest BCUT2D eigenvalue weighted by atomic mass is 9.79. The summed E-state index contributed by atoms with van der Waals surface area (Å²) in [5.41, 5.74) is -0.655. The van der Waals surface area contributed by atoms with E-state index in [0.717, 1.165) is 12.6 Å². The van der Waals surface area contributed by atoms with Crippen LogP contribution in [0.2, 0.25) is 0 Å². The van der Waals surface area contributed by atoms with Crippen molar-refractivity contribution in [3.63, 3.8) is 0 Å². The summed E-state index contributed by atoms with van der Waals surface area (Å²) >= 11 is 0. The van der Waals surface area contributed by atoms with E-state index in [9.17, 15) is 12.9 Å². The quantitative estimate of drug-likeness (QED) is 0.562. The molecule has 96 valence electrons. The molecule has 0 radical (unpaired) electrons. The second kappa shape index (κ2) is 5.96. The Morgan fingerprint density at radius 3 is 2.41 bits per heavy atom. The second-order valence-electron chi connectivity index (χ2n) is 4.12. The molecule has 0 heterocycles. The number of rotatable bonds is 6. The topological polar surface area (TPSA) is 12.5 Å². The van der Waals surface area contributed by atoms with E-state index in [4.69, 9.17) is 4.74 Å². The van der Waals surface area contributed by atoms with Crippen molar-refractivity contribution in [1.29, 1.82) is 0 Å². The molecule has 0 N–H and O–H groups in total. The van der Waals surface area contributed by atoms with Crippen LogP contribution in [0.25, 0.3) is 0 Å². The molecule has 0 fully saturated rings. The number of halogens is 3. The Morgan fingerprint density at radius 2 is 1.82 bits per heavy atom. The fraction of sp³-hybridized carbons (Fsp3) is 0.455. The predicted molar refractivity (Wildman–Crippen MR) is 63.8 cm³/mol. The molecular formula is C11H16BF3NO-. The van der Waals surface area contributed by atoms with Crippen LogP contribution >= 0.6 is 0 Å². The molecule has 0 amide bonds. The lowest BCUT2D eigenvalue weighted by Crippen LogP contribution is -2.35. The second-order valence-corrected chi connectivity index (χ2v) is 4.12. The summed E-state index contributed by atoms with van der Waals surface area (Å²) in [5, 5.41) is 0. The SMILES string of the molecule is CN(C)CCCOc1ccccc1[B-](F)(F)F. The van der Waals surface area contributed by atoms with Crippen LogP contribution in [0.5, 0.6) is 5.75 Å². The highest BCUT2D eigenvalue weighted by molar-refractivity contribution is 6.74. The van der Waals surface area contributed by atoms with Gasteiger partial charge >= 0.3 is 6.98 Å². The molecule has 0 saturated heterocycles. The highest BCUT2D eigenvalue weighted by Gasteiger charge is 2.28. The van der Waals surface area contributed by atoms with E-state index in [1.54, 1.807) is 6.07 Å². The van der Waals surface area contributed by atoms with Crippen LogP contribution in [0.3, 0.4) is 0 Å². The summed E-state index contributed by atoms with van der Waals surface area (Å²) in [6.45, 7) is -3.92. The zero-order valence-corrected chi connectivity index (χ0v) is 10.00. The lowest BCUT2D eigenvalue weighted by molar-refractivity contribution is 0.282. The van der Waals surface area contributed by atoms with E-state index in [1.807, 2.05) is 19.0 Å². The Labute approximate surface area is 99.4 Å². The number of benzene rings is 1. The molecule has 2 nitrogen and oxygen atoms in total. The van der Waals surface area contributed by atoms with Gasteiger partial charge in [0.05, 0.1) is 12.4 Å². The molecule has 1 rings (SSSR count). The van der Waals surface area contributed by atoms with Crippen LogP contribution in [0.4, 0.5) is 12.9 Å². The third-order valence-electron chi connectivity index (χ3n) is 2.28. The van der Waals surface area contributed by atoms with Gasteiger partial charge in [-0.15, -0.1) is 0 Å². The van der Waals surface area contributed by atoms with Crippen molar-refractivity contribution in [1.82, 2.24) is 4.90 Å². The van der Waals surface area contributed by atoms with Gasteiger partial charge in [-0.1, -0.05) is 23.7 Å². The maximum atomic E-state index is 12.7. The Bertz CT molecular complexity index is 355. The van der Waals surface area contributed by atoms with Crippen LogP contribution < -0.4 is 10.2 Å². The Balaban J connectivity index is 2.59. The number of ether oxygens (including phenoxy) is 1. The lowest BCUT2D eigenvalue weighted by Gasteiger charge is -2.20. The van der Waals surface area contributed by atoms with E-state index < -0.39 is 12.4 Å². The van der Waals surface area contributed by atoms with E-state index in [0.29, 0.717) is 13.0 Å². The summed E-state index contributed by atoms with van der Waals surface area (Å²) in [5.74, 6) is -0.0706. The minimum absolute atomic E-state index is 0.0706. The number of hydrogen-bond donors (Lipinski definition) is 0. The summed E-state index contributed by atoms with van der Waals surface area (Å²) < 4.78 is 43.2. The van der Waals surface area contributed by atoms with Gasteiger partial charge < -0.3 is 22.6 Å². The molecule has 0 aliphatic heterocycles. The molecule has 0 saturated carbocycles.